The largest absolute Gasteiger partial charge is 0.444 e. The number of halogens is 1. The van der Waals surface area contributed by atoms with E-state index in [4.69, 9.17) is 9.47 Å². The predicted molar refractivity (Wildman–Crippen MR) is 234 cm³/mol. The van der Waals surface area contributed by atoms with Crippen molar-refractivity contribution in [3.63, 3.8) is 0 Å². The molecule has 16 heteroatoms. The Hall–Kier alpha value is -6.52. The minimum Gasteiger partial charge on any atom is -0.444 e. The number of nitrogens with one attached hydrogen (secondary N) is 3. The second-order valence-electron chi connectivity index (χ2n) is 16.0. The summed E-state index contributed by atoms with van der Waals surface area (Å²) in [5, 5.41) is 13.7. The number of aromatic amines is 1. The molecule has 4 amide bonds. The molecule has 1 fully saturated rings. The van der Waals surface area contributed by atoms with Crippen molar-refractivity contribution in [2.24, 2.45) is 0 Å². The van der Waals surface area contributed by atoms with Crippen molar-refractivity contribution in [2.45, 2.75) is 46.1 Å². The van der Waals surface area contributed by atoms with Gasteiger partial charge in [-0.15, -0.1) is 0 Å². The highest BCUT2D eigenvalue weighted by molar-refractivity contribution is 6.01. The second-order valence-corrected chi connectivity index (χ2v) is 16.0. The fourth-order valence-corrected chi connectivity index (χ4v) is 6.99. The molecule has 3 N–H and O–H groups in total. The Morgan fingerprint density at radius 1 is 0.887 bits per heavy atom. The van der Waals surface area contributed by atoms with E-state index >= 15 is 0 Å². The number of nitrogens with zero attached hydrogens (tertiary/aromatic N) is 5. The lowest BCUT2D eigenvalue weighted by atomic mass is 10.0. The van der Waals surface area contributed by atoms with Crippen LogP contribution >= 0.6 is 0 Å². The van der Waals surface area contributed by atoms with Gasteiger partial charge in [0.2, 0.25) is 5.91 Å². The number of H-pyrrole nitrogens is 1. The summed E-state index contributed by atoms with van der Waals surface area (Å²) in [6, 6.07) is 21.2. The Kier molecular flexibility index (Phi) is 14.8. The zero-order chi connectivity index (χ0) is 44.4. The number of carbonyl (C=O) groups excluding carboxylic acids is 4. The van der Waals surface area contributed by atoms with Gasteiger partial charge < -0.3 is 29.5 Å². The molecule has 1 aliphatic rings. The topological polar surface area (TPSA) is 179 Å². The number of rotatable bonds is 15. The maximum Gasteiger partial charge on any atom is 0.412 e. The molecule has 326 valence electrons. The summed E-state index contributed by atoms with van der Waals surface area (Å²) >= 11 is 0. The quantitative estimate of drug-likeness (QED) is 0.117. The third kappa shape index (κ3) is 11.6. The molecule has 6 rings (SSSR count). The van der Waals surface area contributed by atoms with E-state index in [1.54, 1.807) is 74.1 Å². The van der Waals surface area contributed by atoms with Gasteiger partial charge >= 0.3 is 6.09 Å². The van der Waals surface area contributed by atoms with Gasteiger partial charge in [0.25, 0.3) is 17.4 Å². The van der Waals surface area contributed by atoms with Gasteiger partial charge in [-0.1, -0.05) is 55.5 Å². The highest BCUT2D eigenvalue weighted by Gasteiger charge is 2.27. The number of aromatic nitrogens is 3. The fourth-order valence-electron chi connectivity index (χ4n) is 6.99. The molecule has 5 aromatic rings. The van der Waals surface area contributed by atoms with E-state index in [-0.39, 0.29) is 74.2 Å². The van der Waals surface area contributed by atoms with Gasteiger partial charge in [-0.25, -0.2) is 19.3 Å². The van der Waals surface area contributed by atoms with Crippen LogP contribution in [0.15, 0.2) is 83.8 Å². The van der Waals surface area contributed by atoms with Crippen LogP contribution in [-0.2, 0) is 27.1 Å². The van der Waals surface area contributed by atoms with Gasteiger partial charge in [0, 0.05) is 69.9 Å². The summed E-state index contributed by atoms with van der Waals surface area (Å²) in [6.07, 6.45) is 2.05. The van der Waals surface area contributed by atoms with E-state index in [1.807, 2.05) is 30.3 Å². The van der Waals surface area contributed by atoms with Crippen molar-refractivity contribution in [2.75, 3.05) is 71.4 Å². The van der Waals surface area contributed by atoms with Crippen LogP contribution in [0.25, 0.3) is 21.9 Å². The van der Waals surface area contributed by atoms with E-state index in [2.05, 4.69) is 32.7 Å². The first-order valence-corrected chi connectivity index (χ1v) is 20.7. The third-order valence-corrected chi connectivity index (χ3v) is 10.3. The van der Waals surface area contributed by atoms with E-state index < -0.39 is 29.3 Å². The first-order chi connectivity index (χ1) is 29.7. The average molecular weight is 849 g/mol. The summed E-state index contributed by atoms with van der Waals surface area (Å²) in [4.78, 5) is 74.0. The molecule has 3 heterocycles. The molecule has 0 unspecified atom stereocenters. The molecule has 0 atom stereocenters. The van der Waals surface area contributed by atoms with Crippen LogP contribution in [0, 0.1) is 5.82 Å². The second kappa shape index (κ2) is 20.4. The number of carbonyl (C=O) groups is 4. The number of amides is 4. The minimum atomic E-state index is -0.745. The van der Waals surface area contributed by atoms with Gasteiger partial charge in [-0.2, -0.15) is 5.10 Å². The highest BCUT2D eigenvalue weighted by Crippen LogP contribution is 2.27. The lowest BCUT2D eigenvalue weighted by molar-refractivity contribution is -0.131. The fraction of sp³-hybridized carbons (Fsp3) is 0.370. The Labute approximate surface area is 359 Å². The lowest BCUT2D eigenvalue weighted by Crippen LogP contribution is -2.52. The molecule has 0 saturated carbocycles. The molecular weight excluding hydrogens is 796 g/mol. The number of anilines is 1. The summed E-state index contributed by atoms with van der Waals surface area (Å²) in [5.41, 5.74) is 3.23. The van der Waals surface area contributed by atoms with Crippen molar-refractivity contribution in [3.05, 3.63) is 123 Å². The molecular formula is C46H53FN8O7. The highest BCUT2D eigenvalue weighted by atomic mass is 19.1. The number of pyridine rings is 1. The van der Waals surface area contributed by atoms with Crippen LogP contribution < -0.4 is 16.2 Å². The number of aryl methyl sites for hydroxylation is 1. The molecule has 0 aliphatic carbocycles. The van der Waals surface area contributed by atoms with Crippen molar-refractivity contribution >= 4 is 40.3 Å². The smallest absolute Gasteiger partial charge is 0.412 e. The third-order valence-electron chi connectivity index (χ3n) is 10.3. The summed E-state index contributed by atoms with van der Waals surface area (Å²) in [5.74, 6) is -1.64. The first kappa shape index (κ1) is 45.0. The summed E-state index contributed by atoms with van der Waals surface area (Å²) in [7, 11) is 1.62. The number of hydrogen-bond acceptors (Lipinski definition) is 10. The van der Waals surface area contributed by atoms with E-state index in [9.17, 15) is 28.4 Å². The molecule has 0 bridgehead atoms. The number of benzene rings is 3. The Morgan fingerprint density at radius 3 is 2.37 bits per heavy atom. The lowest BCUT2D eigenvalue weighted by Gasteiger charge is -2.35. The molecule has 62 heavy (non-hydrogen) atoms. The molecule has 1 saturated heterocycles. The van der Waals surface area contributed by atoms with Gasteiger partial charge in [0.15, 0.2) is 5.69 Å². The normalized spacial score (nSPS) is 12.9. The van der Waals surface area contributed by atoms with Crippen LogP contribution in [0.2, 0.25) is 0 Å². The molecule has 0 radical (unpaired) electrons. The number of hydrogen-bond donors (Lipinski definition) is 3. The molecule has 15 nitrogen and oxygen atoms in total. The van der Waals surface area contributed by atoms with Crippen molar-refractivity contribution in [1.29, 1.82) is 0 Å². The molecule has 0 spiro atoms. The van der Waals surface area contributed by atoms with Gasteiger partial charge in [0.1, 0.15) is 11.4 Å². The van der Waals surface area contributed by atoms with Crippen LogP contribution in [0.5, 0.6) is 0 Å². The van der Waals surface area contributed by atoms with Crippen LogP contribution in [0.4, 0.5) is 14.9 Å². The number of ether oxygens (including phenoxy) is 2. The Morgan fingerprint density at radius 2 is 1.63 bits per heavy atom. The summed E-state index contributed by atoms with van der Waals surface area (Å²) in [6.45, 7) is 9.63. The molecule has 1 aliphatic heterocycles. The van der Waals surface area contributed by atoms with Crippen molar-refractivity contribution < 1.29 is 33.0 Å². The van der Waals surface area contributed by atoms with Crippen molar-refractivity contribution in [1.82, 2.24) is 35.2 Å². The monoisotopic (exact) mass is 848 g/mol. The van der Waals surface area contributed by atoms with Crippen LogP contribution in [0.1, 0.15) is 65.4 Å². The number of fused-ring (bicyclic) bond motifs is 1. The standard InChI is InChI=1S/C46H53FN8O7/c1-6-30-10-9-11-32(24-30)33-27-39(50-45(60)62-46(2,3)4)41(49-28-33)44(59)53(5)21-23-61-22-16-48-29-40(56)54-17-19-55(20-18-54)43(58)36-25-31(14-15-37(36)47)26-38-34-12-7-8-13-35(34)42(57)52-51-38/h7-15,24-25,27-28,48H,6,16-23,26,29H2,1-5H3,(H,50,60)(H,52,57). The number of piperazine rings is 1. The Bertz CT molecular complexity index is 2480. The van der Waals surface area contributed by atoms with Crippen molar-refractivity contribution in [3.8, 4) is 11.1 Å². The van der Waals surface area contributed by atoms with Gasteiger partial charge in [-0.3, -0.25) is 24.5 Å². The maximum atomic E-state index is 15.0. The van der Waals surface area contributed by atoms with Gasteiger partial charge in [-0.05, 0) is 68.1 Å². The van der Waals surface area contributed by atoms with Crippen LogP contribution in [-0.4, -0.2) is 125 Å². The summed E-state index contributed by atoms with van der Waals surface area (Å²) < 4.78 is 26.2. The zero-order valence-electron chi connectivity index (χ0n) is 35.8. The zero-order valence-corrected chi connectivity index (χ0v) is 35.8. The molecule has 2 aromatic heterocycles. The SMILES string of the molecule is CCc1cccc(-c2cnc(C(=O)N(C)CCOCCNCC(=O)N3CCN(C(=O)c4cc(Cc5n[nH]c(=O)c6ccccc56)ccc4F)CC3)c(NC(=O)OC(C)(C)C)c2)c1. The van der Waals surface area contributed by atoms with E-state index in [0.29, 0.717) is 41.7 Å². The minimum absolute atomic E-state index is 0.0615. The van der Waals surface area contributed by atoms with E-state index in [1.165, 1.54) is 17.0 Å². The predicted octanol–water partition coefficient (Wildman–Crippen LogP) is 5.29. The van der Waals surface area contributed by atoms with Crippen LogP contribution in [0.3, 0.4) is 0 Å². The van der Waals surface area contributed by atoms with Gasteiger partial charge in [0.05, 0.1) is 42.1 Å². The van der Waals surface area contributed by atoms with E-state index in [0.717, 1.165) is 23.1 Å². The molecule has 3 aromatic carbocycles. The number of likely N-dealkylation sites (N-methyl/N-ethyl adjacent to an activating group) is 1. The average Bonchev–Trinajstić information content (AvgIpc) is 3.26. The first-order valence-electron chi connectivity index (χ1n) is 20.7. The Balaban J connectivity index is 0.929. The maximum absolute atomic E-state index is 15.0.